The number of aromatic nitrogens is 3. The number of hydrogen-bond donors (Lipinski definition) is 1. The first-order valence-electron chi connectivity index (χ1n) is 3.77. The first kappa shape index (κ1) is 8.20. The Labute approximate surface area is 66.4 Å². The molecule has 1 rings (SSSR count). The van der Waals surface area contributed by atoms with Crippen LogP contribution in [0.25, 0.3) is 0 Å². The lowest BCUT2D eigenvalue weighted by atomic mass is 10.3. The van der Waals surface area contributed by atoms with E-state index >= 15 is 0 Å². The Balaban J connectivity index is 3.05. The Kier molecular flexibility index (Phi) is 2.24. The van der Waals surface area contributed by atoms with Crippen molar-refractivity contribution in [3.63, 3.8) is 0 Å². The number of rotatable bonds is 2. The topological polar surface area (TPSA) is 56.7 Å². The van der Waals surface area contributed by atoms with Crippen molar-refractivity contribution in [2.75, 3.05) is 0 Å². The Bertz CT molecular complexity index is 239. The van der Waals surface area contributed by atoms with Crippen LogP contribution in [-0.4, -0.2) is 15.0 Å². The van der Waals surface area contributed by atoms with E-state index in [1.165, 1.54) is 0 Å². The third-order valence-electron chi connectivity index (χ3n) is 1.67. The predicted molar refractivity (Wildman–Crippen MR) is 43.0 cm³/mol. The van der Waals surface area contributed by atoms with E-state index in [1.807, 2.05) is 11.6 Å². The summed E-state index contributed by atoms with van der Waals surface area (Å²) in [5, 5.41) is 7.91. The molecule has 0 fully saturated rings. The third-order valence-corrected chi connectivity index (χ3v) is 1.67. The predicted octanol–water partition coefficient (Wildman–Crippen LogP) is 0.626. The second-order valence-corrected chi connectivity index (χ2v) is 2.86. The van der Waals surface area contributed by atoms with Gasteiger partial charge in [0.1, 0.15) is 0 Å². The van der Waals surface area contributed by atoms with Gasteiger partial charge in [-0.3, -0.25) is 0 Å². The highest BCUT2D eigenvalue weighted by molar-refractivity contribution is 5.07. The molecule has 0 aromatic carbocycles. The molecule has 0 atom stereocenters. The van der Waals surface area contributed by atoms with E-state index in [4.69, 9.17) is 5.73 Å². The van der Waals surface area contributed by atoms with Gasteiger partial charge in [-0.25, -0.2) is 4.68 Å². The van der Waals surface area contributed by atoms with Crippen LogP contribution in [0.1, 0.15) is 31.3 Å². The van der Waals surface area contributed by atoms with Gasteiger partial charge in [0, 0.05) is 12.6 Å². The molecule has 0 amide bonds. The Morgan fingerprint density at radius 3 is 2.55 bits per heavy atom. The molecular formula is C7H14N4. The molecule has 0 unspecified atom stereocenters. The van der Waals surface area contributed by atoms with Gasteiger partial charge in [-0.15, -0.1) is 5.10 Å². The van der Waals surface area contributed by atoms with Gasteiger partial charge < -0.3 is 5.73 Å². The van der Waals surface area contributed by atoms with Gasteiger partial charge in [0.2, 0.25) is 0 Å². The highest BCUT2D eigenvalue weighted by Crippen LogP contribution is 2.09. The third kappa shape index (κ3) is 1.40. The van der Waals surface area contributed by atoms with Crippen LogP contribution in [0.15, 0.2) is 0 Å². The average Bonchev–Trinajstić information content (AvgIpc) is 2.30. The van der Waals surface area contributed by atoms with Crippen molar-refractivity contribution in [3.05, 3.63) is 11.4 Å². The summed E-state index contributed by atoms with van der Waals surface area (Å²) in [6.07, 6.45) is 0. The maximum Gasteiger partial charge on any atom is 0.0841 e. The summed E-state index contributed by atoms with van der Waals surface area (Å²) in [7, 11) is 0. The molecule has 0 aliphatic rings. The molecule has 11 heavy (non-hydrogen) atoms. The van der Waals surface area contributed by atoms with Crippen LogP contribution in [0.4, 0.5) is 0 Å². The van der Waals surface area contributed by atoms with Gasteiger partial charge in [0.25, 0.3) is 0 Å². The SMILES string of the molecule is Cc1nnn(C(C)C)c1CN. The molecule has 0 radical (unpaired) electrons. The van der Waals surface area contributed by atoms with Crippen LogP contribution in [0.3, 0.4) is 0 Å². The molecule has 0 bridgehead atoms. The standard InChI is InChI=1S/C7H14N4/c1-5(2)11-7(4-8)6(3)9-10-11/h5H,4,8H2,1-3H3. The summed E-state index contributed by atoms with van der Waals surface area (Å²) in [5.41, 5.74) is 7.49. The molecular weight excluding hydrogens is 140 g/mol. The molecule has 4 nitrogen and oxygen atoms in total. The molecule has 62 valence electrons. The summed E-state index contributed by atoms with van der Waals surface area (Å²) < 4.78 is 1.86. The number of aryl methyl sites for hydroxylation is 1. The maximum atomic E-state index is 5.53. The summed E-state index contributed by atoms with van der Waals surface area (Å²) in [6.45, 7) is 6.56. The van der Waals surface area contributed by atoms with E-state index in [0.717, 1.165) is 11.4 Å². The van der Waals surface area contributed by atoms with Crippen molar-refractivity contribution in [1.29, 1.82) is 0 Å². The molecule has 0 aliphatic heterocycles. The fraction of sp³-hybridized carbons (Fsp3) is 0.714. The molecule has 1 heterocycles. The van der Waals surface area contributed by atoms with Gasteiger partial charge in [0.15, 0.2) is 0 Å². The molecule has 1 aromatic heterocycles. The van der Waals surface area contributed by atoms with Gasteiger partial charge in [0.05, 0.1) is 11.4 Å². The van der Waals surface area contributed by atoms with E-state index in [9.17, 15) is 0 Å². The zero-order valence-electron chi connectivity index (χ0n) is 7.20. The average molecular weight is 154 g/mol. The summed E-state index contributed by atoms with van der Waals surface area (Å²) in [5.74, 6) is 0. The zero-order valence-corrected chi connectivity index (χ0v) is 7.20. The largest absolute Gasteiger partial charge is 0.325 e. The first-order chi connectivity index (χ1) is 5.16. The lowest BCUT2D eigenvalue weighted by Gasteiger charge is -2.07. The molecule has 0 saturated heterocycles. The number of hydrogen-bond acceptors (Lipinski definition) is 3. The van der Waals surface area contributed by atoms with Crippen molar-refractivity contribution in [2.24, 2.45) is 5.73 Å². The van der Waals surface area contributed by atoms with Crippen LogP contribution in [0, 0.1) is 6.92 Å². The van der Waals surface area contributed by atoms with Crippen LogP contribution in [-0.2, 0) is 6.54 Å². The minimum Gasteiger partial charge on any atom is -0.325 e. The van der Waals surface area contributed by atoms with Gasteiger partial charge >= 0.3 is 0 Å². The highest BCUT2D eigenvalue weighted by Gasteiger charge is 2.08. The lowest BCUT2D eigenvalue weighted by Crippen LogP contribution is -2.11. The van der Waals surface area contributed by atoms with Crippen molar-refractivity contribution in [1.82, 2.24) is 15.0 Å². The van der Waals surface area contributed by atoms with Crippen molar-refractivity contribution >= 4 is 0 Å². The summed E-state index contributed by atoms with van der Waals surface area (Å²) in [4.78, 5) is 0. The minimum absolute atomic E-state index is 0.342. The van der Waals surface area contributed by atoms with Crippen LogP contribution < -0.4 is 5.73 Å². The second-order valence-electron chi connectivity index (χ2n) is 2.86. The second kappa shape index (κ2) is 3.00. The monoisotopic (exact) mass is 154 g/mol. The summed E-state index contributed by atoms with van der Waals surface area (Å²) >= 11 is 0. The van der Waals surface area contributed by atoms with E-state index in [-0.39, 0.29) is 0 Å². The van der Waals surface area contributed by atoms with Crippen LogP contribution in [0.2, 0.25) is 0 Å². The smallest absolute Gasteiger partial charge is 0.0841 e. The molecule has 0 saturated carbocycles. The minimum atomic E-state index is 0.342. The van der Waals surface area contributed by atoms with Crippen LogP contribution in [0.5, 0.6) is 0 Å². The van der Waals surface area contributed by atoms with Gasteiger partial charge in [-0.1, -0.05) is 5.21 Å². The first-order valence-corrected chi connectivity index (χ1v) is 3.77. The van der Waals surface area contributed by atoms with Gasteiger partial charge in [-0.2, -0.15) is 0 Å². The Morgan fingerprint density at radius 1 is 1.55 bits per heavy atom. The van der Waals surface area contributed by atoms with E-state index in [1.54, 1.807) is 0 Å². The number of nitrogens with zero attached hydrogens (tertiary/aromatic N) is 3. The normalized spacial score (nSPS) is 11.0. The Hall–Kier alpha value is -0.900. The fourth-order valence-corrected chi connectivity index (χ4v) is 1.05. The highest BCUT2D eigenvalue weighted by atomic mass is 15.4. The van der Waals surface area contributed by atoms with Crippen molar-refractivity contribution in [2.45, 2.75) is 33.4 Å². The quantitative estimate of drug-likeness (QED) is 0.679. The number of nitrogens with two attached hydrogens (primary N) is 1. The lowest BCUT2D eigenvalue weighted by molar-refractivity contribution is 0.494. The fourth-order valence-electron chi connectivity index (χ4n) is 1.05. The van der Waals surface area contributed by atoms with Crippen LogP contribution >= 0.6 is 0 Å². The zero-order chi connectivity index (χ0) is 8.43. The van der Waals surface area contributed by atoms with Gasteiger partial charge in [-0.05, 0) is 20.8 Å². The maximum absolute atomic E-state index is 5.53. The summed E-state index contributed by atoms with van der Waals surface area (Å²) in [6, 6.07) is 0.342. The Morgan fingerprint density at radius 2 is 2.18 bits per heavy atom. The molecule has 1 aromatic rings. The van der Waals surface area contributed by atoms with E-state index in [0.29, 0.717) is 12.6 Å². The van der Waals surface area contributed by atoms with E-state index in [2.05, 4.69) is 24.2 Å². The van der Waals surface area contributed by atoms with Crippen molar-refractivity contribution < 1.29 is 0 Å². The molecule has 4 heteroatoms. The van der Waals surface area contributed by atoms with E-state index < -0.39 is 0 Å². The van der Waals surface area contributed by atoms with Crippen molar-refractivity contribution in [3.8, 4) is 0 Å². The molecule has 2 N–H and O–H groups in total. The molecule has 0 aliphatic carbocycles. The molecule has 0 spiro atoms.